The molecule has 100 valence electrons. The van der Waals surface area contributed by atoms with Gasteiger partial charge in [0.15, 0.2) is 0 Å². The Hall–Kier alpha value is -1.04. The molecule has 0 saturated heterocycles. The Bertz CT molecular complexity index is 444. The van der Waals surface area contributed by atoms with Crippen molar-refractivity contribution in [2.24, 2.45) is 5.41 Å². The van der Waals surface area contributed by atoms with Crippen LogP contribution >= 0.6 is 11.6 Å². The first-order chi connectivity index (χ1) is 8.28. The van der Waals surface area contributed by atoms with Crippen molar-refractivity contribution in [2.75, 3.05) is 11.9 Å². The second-order valence-electron chi connectivity index (χ2n) is 4.92. The van der Waals surface area contributed by atoms with Crippen molar-refractivity contribution in [2.45, 2.75) is 32.4 Å². The number of anilines is 1. The van der Waals surface area contributed by atoms with E-state index in [0.29, 0.717) is 6.54 Å². The summed E-state index contributed by atoms with van der Waals surface area (Å²) in [4.78, 5) is 6.61. The van der Waals surface area contributed by atoms with Crippen LogP contribution in [0.2, 0.25) is 5.15 Å². The van der Waals surface area contributed by atoms with Crippen LogP contribution in [0.1, 0.15) is 32.0 Å². The molecule has 1 aliphatic carbocycles. The SMILES string of the molecule is CC1(CNc2cc(Cl)nc(C(F)(F)F)n2)CCC1. The second kappa shape index (κ2) is 4.57. The molecule has 0 atom stereocenters. The minimum Gasteiger partial charge on any atom is -0.369 e. The van der Waals surface area contributed by atoms with Gasteiger partial charge >= 0.3 is 6.18 Å². The summed E-state index contributed by atoms with van der Waals surface area (Å²) in [6.07, 6.45) is -1.27. The first-order valence-corrected chi connectivity index (χ1v) is 6.02. The average molecular weight is 280 g/mol. The van der Waals surface area contributed by atoms with Crippen LogP contribution in [0, 0.1) is 5.41 Å². The summed E-state index contributed by atoms with van der Waals surface area (Å²) in [5.74, 6) is -1.09. The molecule has 0 aromatic carbocycles. The van der Waals surface area contributed by atoms with Crippen LogP contribution in [0.3, 0.4) is 0 Å². The standard InChI is InChI=1S/C11H13ClF3N3/c1-10(3-2-4-10)6-16-8-5-7(12)17-9(18-8)11(13,14)15/h5H,2-4,6H2,1H3,(H,16,17,18). The van der Waals surface area contributed by atoms with E-state index in [9.17, 15) is 13.2 Å². The zero-order valence-corrected chi connectivity index (χ0v) is 10.6. The van der Waals surface area contributed by atoms with Gasteiger partial charge in [-0.25, -0.2) is 9.97 Å². The van der Waals surface area contributed by atoms with Gasteiger partial charge < -0.3 is 5.32 Å². The van der Waals surface area contributed by atoms with Crippen molar-refractivity contribution < 1.29 is 13.2 Å². The van der Waals surface area contributed by atoms with E-state index in [1.54, 1.807) is 0 Å². The van der Waals surface area contributed by atoms with E-state index in [1.165, 1.54) is 6.07 Å². The molecule has 1 aromatic heterocycles. The summed E-state index contributed by atoms with van der Waals surface area (Å²) in [5.41, 5.74) is 0.149. The fourth-order valence-electron chi connectivity index (χ4n) is 1.90. The molecular formula is C11H13ClF3N3. The highest BCUT2D eigenvalue weighted by Gasteiger charge is 2.36. The van der Waals surface area contributed by atoms with Crippen molar-refractivity contribution in [1.82, 2.24) is 9.97 Å². The first kappa shape index (κ1) is 13.4. The summed E-state index contributed by atoms with van der Waals surface area (Å²) in [5, 5.41) is 2.70. The minimum absolute atomic E-state index is 0.121. The molecule has 1 aliphatic rings. The van der Waals surface area contributed by atoms with Crippen LogP contribution in [0.25, 0.3) is 0 Å². The fraction of sp³-hybridized carbons (Fsp3) is 0.636. The maximum absolute atomic E-state index is 12.5. The number of nitrogens with zero attached hydrogens (tertiary/aromatic N) is 2. The number of hydrogen-bond acceptors (Lipinski definition) is 3. The van der Waals surface area contributed by atoms with Gasteiger partial charge in [0.1, 0.15) is 11.0 Å². The van der Waals surface area contributed by atoms with Gasteiger partial charge in [-0.3, -0.25) is 0 Å². The van der Waals surface area contributed by atoms with E-state index in [-0.39, 0.29) is 16.4 Å². The molecule has 1 aromatic rings. The molecule has 7 heteroatoms. The van der Waals surface area contributed by atoms with Crippen molar-refractivity contribution in [3.8, 4) is 0 Å². The largest absolute Gasteiger partial charge is 0.451 e. The molecule has 1 N–H and O–H groups in total. The van der Waals surface area contributed by atoms with Gasteiger partial charge in [0.05, 0.1) is 0 Å². The molecule has 0 radical (unpaired) electrons. The lowest BCUT2D eigenvalue weighted by Gasteiger charge is -2.38. The summed E-state index contributed by atoms with van der Waals surface area (Å²) in [6.45, 7) is 2.69. The van der Waals surface area contributed by atoms with Gasteiger partial charge in [0, 0.05) is 12.6 Å². The maximum Gasteiger partial charge on any atom is 0.451 e. The van der Waals surface area contributed by atoms with Crippen molar-refractivity contribution >= 4 is 17.4 Å². The lowest BCUT2D eigenvalue weighted by atomic mass is 9.70. The predicted octanol–water partition coefficient (Wildman–Crippen LogP) is 3.75. The van der Waals surface area contributed by atoms with Gasteiger partial charge in [0.2, 0.25) is 5.82 Å². The molecule has 0 aliphatic heterocycles. The van der Waals surface area contributed by atoms with Crippen LogP contribution in [0.5, 0.6) is 0 Å². The molecule has 1 fully saturated rings. The minimum atomic E-state index is -4.58. The Balaban J connectivity index is 2.10. The summed E-state index contributed by atoms with van der Waals surface area (Å²) >= 11 is 5.56. The topological polar surface area (TPSA) is 37.8 Å². The van der Waals surface area contributed by atoms with Gasteiger partial charge in [-0.15, -0.1) is 0 Å². The number of alkyl halides is 3. The lowest BCUT2D eigenvalue weighted by Crippen LogP contribution is -2.33. The maximum atomic E-state index is 12.5. The number of halogens is 4. The van der Waals surface area contributed by atoms with Crippen LogP contribution in [-0.2, 0) is 6.18 Å². The van der Waals surface area contributed by atoms with Crippen molar-refractivity contribution in [3.63, 3.8) is 0 Å². The highest BCUT2D eigenvalue weighted by molar-refractivity contribution is 6.29. The Morgan fingerprint density at radius 3 is 2.56 bits per heavy atom. The summed E-state index contributed by atoms with van der Waals surface area (Å²) in [6, 6.07) is 1.30. The molecule has 0 bridgehead atoms. The third kappa shape index (κ3) is 3.04. The average Bonchev–Trinajstić information content (AvgIpc) is 2.22. The number of nitrogens with one attached hydrogen (secondary N) is 1. The van der Waals surface area contributed by atoms with E-state index in [2.05, 4.69) is 22.2 Å². The smallest absolute Gasteiger partial charge is 0.369 e. The lowest BCUT2D eigenvalue weighted by molar-refractivity contribution is -0.144. The number of aromatic nitrogens is 2. The molecule has 1 heterocycles. The Labute approximate surface area is 108 Å². The van der Waals surface area contributed by atoms with Crippen LogP contribution in [-0.4, -0.2) is 16.5 Å². The van der Waals surface area contributed by atoms with Crippen molar-refractivity contribution in [1.29, 1.82) is 0 Å². The molecule has 0 amide bonds. The zero-order valence-electron chi connectivity index (χ0n) is 9.81. The molecular weight excluding hydrogens is 267 g/mol. The van der Waals surface area contributed by atoms with E-state index < -0.39 is 12.0 Å². The van der Waals surface area contributed by atoms with Gasteiger partial charge in [-0.1, -0.05) is 24.9 Å². The normalized spacial score (nSPS) is 18.3. The number of rotatable bonds is 3. The van der Waals surface area contributed by atoms with Crippen LogP contribution in [0.4, 0.5) is 19.0 Å². The van der Waals surface area contributed by atoms with E-state index >= 15 is 0 Å². The molecule has 0 spiro atoms. The summed E-state index contributed by atoms with van der Waals surface area (Å²) in [7, 11) is 0. The first-order valence-electron chi connectivity index (χ1n) is 5.64. The van der Waals surface area contributed by atoms with Crippen LogP contribution < -0.4 is 5.32 Å². The quantitative estimate of drug-likeness (QED) is 0.856. The highest BCUT2D eigenvalue weighted by atomic mass is 35.5. The fourth-order valence-corrected chi connectivity index (χ4v) is 2.08. The molecule has 2 rings (SSSR count). The van der Waals surface area contributed by atoms with E-state index in [4.69, 9.17) is 11.6 Å². The van der Waals surface area contributed by atoms with Crippen LogP contribution in [0.15, 0.2) is 6.07 Å². The molecule has 18 heavy (non-hydrogen) atoms. The van der Waals surface area contributed by atoms with Gasteiger partial charge in [-0.05, 0) is 18.3 Å². The zero-order chi connectivity index (χ0) is 13.4. The third-order valence-electron chi connectivity index (χ3n) is 3.21. The molecule has 3 nitrogen and oxygen atoms in total. The highest BCUT2D eigenvalue weighted by Crippen LogP contribution is 2.40. The van der Waals surface area contributed by atoms with E-state index in [1.807, 2.05) is 0 Å². The Morgan fingerprint density at radius 2 is 2.06 bits per heavy atom. The van der Waals surface area contributed by atoms with E-state index in [0.717, 1.165) is 19.3 Å². The summed E-state index contributed by atoms with van der Waals surface area (Å²) < 4.78 is 37.5. The Kier molecular flexibility index (Phi) is 3.40. The Morgan fingerprint density at radius 1 is 1.39 bits per heavy atom. The van der Waals surface area contributed by atoms with Crippen molar-refractivity contribution in [3.05, 3.63) is 17.0 Å². The second-order valence-corrected chi connectivity index (χ2v) is 5.30. The molecule has 0 unspecified atom stereocenters. The predicted molar refractivity (Wildman–Crippen MR) is 62.5 cm³/mol. The van der Waals surface area contributed by atoms with Gasteiger partial charge in [0.25, 0.3) is 0 Å². The number of hydrogen-bond donors (Lipinski definition) is 1. The monoisotopic (exact) mass is 279 g/mol. The molecule has 1 saturated carbocycles. The third-order valence-corrected chi connectivity index (χ3v) is 3.40. The van der Waals surface area contributed by atoms with Gasteiger partial charge in [-0.2, -0.15) is 13.2 Å².